The molecular weight excluding hydrogens is 486 g/mol. The van der Waals surface area contributed by atoms with E-state index in [4.69, 9.17) is 4.74 Å². The monoisotopic (exact) mass is 540 g/mol. The molecule has 3 heteroatoms. The molecule has 1 unspecified atom stereocenters. The van der Waals surface area contributed by atoms with Gasteiger partial charge in [0.05, 0.1) is 6.61 Å². The molecule has 4 rings (SSSR count). The molecule has 1 atom stereocenters. The van der Waals surface area contributed by atoms with Crippen LogP contribution in [0.4, 0.5) is 8.78 Å². The average molecular weight is 541 g/mol. The zero-order valence-electron chi connectivity index (χ0n) is 24.9. The Morgan fingerprint density at radius 2 is 1.49 bits per heavy atom. The summed E-state index contributed by atoms with van der Waals surface area (Å²) in [6, 6.07) is 3.34. The van der Waals surface area contributed by atoms with Gasteiger partial charge in [-0.25, -0.2) is 4.39 Å². The minimum Gasteiger partial charge on any atom is -0.490 e. The molecule has 2 fully saturated rings. The molecule has 1 aromatic rings. The van der Waals surface area contributed by atoms with E-state index in [9.17, 15) is 8.78 Å². The summed E-state index contributed by atoms with van der Waals surface area (Å²) >= 11 is 0. The van der Waals surface area contributed by atoms with Crippen LogP contribution in [-0.2, 0) is 0 Å². The van der Waals surface area contributed by atoms with E-state index in [1.807, 2.05) is 0 Å². The van der Waals surface area contributed by atoms with Crippen molar-refractivity contribution in [2.24, 2.45) is 29.6 Å². The van der Waals surface area contributed by atoms with Gasteiger partial charge in [0, 0.05) is 5.56 Å². The predicted octanol–water partition coefficient (Wildman–Crippen LogP) is 11.5. The number of rotatable bonds is 13. The topological polar surface area (TPSA) is 9.23 Å². The molecule has 2 saturated carbocycles. The second-order valence-corrected chi connectivity index (χ2v) is 12.9. The van der Waals surface area contributed by atoms with Gasteiger partial charge in [0.25, 0.3) is 0 Å². The molecule has 3 aliphatic carbocycles. The maximum Gasteiger partial charge on any atom is 0.201 e. The van der Waals surface area contributed by atoms with E-state index in [0.717, 1.165) is 67.8 Å². The Labute approximate surface area is 237 Å². The average Bonchev–Trinajstić information content (AvgIpc) is 2.98. The van der Waals surface area contributed by atoms with Crippen molar-refractivity contribution in [1.82, 2.24) is 0 Å². The van der Waals surface area contributed by atoms with Crippen molar-refractivity contribution in [1.29, 1.82) is 0 Å². The van der Waals surface area contributed by atoms with E-state index in [0.29, 0.717) is 18.1 Å². The molecule has 0 radical (unpaired) electrons. The van der Waals surface area contributed by atoms with Crippen molar-refractivity contribution in [3.63, 3.8) is 0 Å². The number of ether oxygens (including phenoxy) is 1. The van der Waals surface area contributed by atoms with Gasteiger partial charge < -0.3 is 4.74 Å². The van der Waals surface area contributed by atoms with Crippen LogP contribution >= 0.6 is 0 Å². The second kappa shape index (κ2) is 16.0. The van der Waals surface area contributed by atoms with Crippen molar-refractivity contribution >= 4 is 5.57 Å². The summed E-state index contributed by atoms with van der Waals surface area (Å²) in [6.45, 7) is 4.67. The number of unbranched alkanes of at least 4 members (excludes halogenated alkanes) is 4. The maximum absolute atomic E-state index is 14.9. The van der Waals surface area contributed by atoms with Gasteiger partial charge >= 0.3 is 0 Å². The Morgan fingerprint density at radius 1 is 0.795 bits per heavy atom. The number of hydrogen-bond acceptors (Lipinski definition) is 1. The van der Waals surface area contributed by atoms with Crippen LogP contribution in [-0.4, -0.2) is 6.61 Å². The molecule has 0 amide bonds. The standard InChI is InChI=1S/C36H54F2O/c1-3-5-7-8-9-11-27-12-14-28(15-13-27)29-16-18-30(19-17-29)31-20-22-32(23-21-31)33-24-25-34(36(38)35(33)37)39-26-10-6-4-2/h3,5,22,24-25,27-31H,4,6-21,23,26H2,1-2H3. The van der Waals surface area contributed by atoms with Crippen molar-refractivity contribution in [2.75, 3.05) is 6.61 Å². The summed E-state index contributed by atoms with van der Waals surface area (Å²) in [5.41, 5.74) is 1.41. The quantitative estimate of drug-likeness (QED) is 0.179. The van der Waals surface area contributed by atoms with E-state index in [1.54, 1.807) is 12.1 Å². The fraction of sp³-hybridized carbons (Fsp3) is 0.722. The second-order valence-electron chi connectivity index (χ2n) is 12.9. The fourth-order valence-corrected chi connectivity index (χ4v) is 7.85. The SMILES string of the molecule is CC=CCCCCC1CCC(C2CCC(C3CC=C(c4ccc(OCCCCC)c(F)c4F)CC3)CC2)CC1. The van der Waals surface area contributed by atoms with E-state index < -0.39 is 11.6 Å². The number of allylic oxidation sites excluding steroid dienone is 4. The summed E-state index contributed by atoms with van der Waals surface area (Å²) in [4.78, 5) is 0. The minimum absolute atomic E-state index is 0.0481. The van der Waals surface area contributed by atoms with Crippen molar-refractivity contribution in [2.45, 2.75) is 129 Å². The summed E-state index contributed by atoms with van der Waals surface area (Å²) in [5.74, 6) is 2.91. The smallest absolute Gasteiger partial charge is 0.201 e. The molecule has 0 spiro atoms. The van der Waals surface area contributed by atoms with Crippen molar-refractivity contribution in [3.8, 4) is 5.75 Å². The summed E-state index contributed by atoms with van der Waals surface area (Å²) in [5, 5.41) is 0. The van der Waals surface area contributed by atoms with Gasteiger partial charge in [-0.1, -0.05) is 63.7 Å². The van der Waals surface area contributed by atoms with Crippen LogP contribution in [0.25, 0.3) is 5.57 Å². The van der Waals surface area contributed by atoms with E-state index in [2.05, 4.69) is 32.1 Å². The van der Waals surface area contributed by atoms with Gasteiger partial charge in [-0.05, 0) is 131 Å². The molecule has 0 saturated heterocycles. The van der Waals surface area contributed by atoms with Gasteiger partial charge in [-0.3, -0.25) is 0 Å². The highest BCUT2D eigenvalue weighted by Gasteiger charge is 2.34. The Kier molecular flexibility index (Phi) is 12.4. The predicted molar refractivity (Wildman–Crippen MR) is 161 cm³/mol. The third-order valence-corrected chi connectivity index (χ3v) is 10.4. The van der Waals surface area contributed by atoms with Crippen LogP contribution in [0.5, 0.6) is 5.75 Å². The zero-order valence-corrected chi connectivity index (χ0v) is 24.9. The molecule has 3 aliphatic rings. The molecule has 0 N–H and O–H groups in total. The molecule has 0 heterocycles. The molecule has 0 bridgehead atoms. The Bertz CT molecular complexity index is 918. The molecule has 218 valence electrons. The third kappa shape index (κ3) is 8.67. The van der Waals surface area contributed by atoms with E-state index >= 15 is 0 Å². The molecular formula is C36H54F2O. The highest BCUT2D eigenvalue weighted by molar-refractivity contribution is 5.67. The van der Waals surface area contributed by atoms with E-state index in [1.165, 1.54) is 77.0 Å². The highest BCUT2D eigenvalue weighted by Crippen LogP contribution is 2.46. The number of halogens is 2. The molecule has 1 nitrogen and oxygen atoms in total. The Hall–Kier alpha value is -1.64. The van der Waals surface area contributed by atoms with Gasteiger partial charge in [-0.2, -0.15) is 4.39 Å². The van der Waals surface area contributed by atoms with Crippen LogP contribution in [0, 0.1) is 41.2 Å². The summed E-state index contributed by atoms with van der Waals surface area (Å²) in [6.07, 6.45) is 29.6. The summed E-state index contributed by atoms with van der Waals surface area (Å²) < 4.78 is 35.1. The van der Waals surface area contributed by atoms with Crippen molar-refractivity contribution in [3.05, 3.63) is 47.6 Å². The fourth-order valence-electron chi connectivity index (χ4n) is 7.85. The lowest BCUT2D eigenvalue weighted by Crippen LogP contribution is -2.28. The third-order valence-electron chi connectivity index (χ3n) is 10.4. The van der Waals surface area contributed by atoms with Crippen LogP contribution in [0.15, 0.2) is 30.4 Å². The lowest BCUT2D eigenvalue weighted by molar-refractivity contribution is 0.120. The van der Waals surface area contributed by atoms with Crippen LogP contribution in [0.2, 0.25) is 0 Å². The Morgan fingerprint density at radius 3 is 2.13 bits per heavy atom. The first-order valence-corrected chi connectivity index (χ1v) is 16.5. The molecule has 0 aromatic heterocycles. The van der Waals surface area contributed by atoms with E-state index in [-0.39, 0.29) is 5.75 Å². The van der Waals surface area contributed by atoms with Crippen LogP contribution in [0.1, 0.15) is 135 Å². The van der Waals surface area contributed by atoms with Crippen LogP contribution < -0.4 is 4.74 Å². The first-order valence-electron chi connectivity index (χ1n) is 16.5. The maximum atomic E-state index is 14.9. The molecule has 0 aliphatic heterocycles. The highest BCUT2D eigenvalue weighted by atomic mass is 19.2. The van der Waals surface area contributed by atoms with Gasteiger partial charge in [0.15, 0.2) is 11.6 Å². The summed E-state index contributed by atoms with van der Waals surface area (Å²) in [7, 11) is 0. The van der Waals surface area contributed by atoms with Gasteiger partial charge in [-0.15, -0.1) is 0 Å². The van der Waals surface area contributed by atoms with Crippen molar-refractivity contribution < 1.29 is 13.5 Å². The normalized spacial score (nSPS) is 28.0. The Balaban J connectivity index is 1.19. The molecule has 1 aromatic carbocycles. The first kappa shape index (κ1) is 30.3. The van der Waals surface area contributed by atoms with Gasteiger partial charge in [0.1, 0.15) is 0 Å². The molecule has 39 heavy (non-hydrogen) atoms. The largest absolute Gasteiger partial charge is 0.490 e. The van der Waals surface area contributed by atoms with Crippen LogP contribution in [0.3, 0.4) is 0 Å². The number of hydrogen-bond donors (Lipinski definition) is 0. The first-order chi connectivity index (χ1) is 19.1. The lowest BCUT2D eigenvalue weighted by Gasteiger charge is -2.40. The zero-order chi connectivity index (χ0) is 27.5. The lowest BCUT2D eigenvalue weighted by atomic mass is 9.65. The minimum atomic E-state index is -0.830. The number of benzene rings is 1. The van der Waals surface area contributed by atoms with Gasteiger partial charge in [0.2, 0.25) is 5.82 Å².